The van der Waals surface area contributed by atoms with Gasteiger partial charge >= 0.3 is 0 Å². The molecule has 0 aromatic heterocycles. The first-order valence-corrected chi connectivity index (χ1v) is 10.4. The van der Waals surface area contributed by atoms with E-state index >= 15 is 0 Å². The van der Waals surface area contributed by atoms with E-state index in [9.17, 15) is 9.90 Å². The van der Waals surface area contributed by atoms with Crippen LogP contribution in [0.4, 0.5) is 0 Å². The lowest BCUT2D eigenvalue weighted by Gasteiger charge is -2.64. The molecular formula is C22H36O2. The van der Waals surface area contributed by atoms with E-state index in [2.05, 4.69) is 20.8 Å². The third-order valence-electron chi connectivity index (χ3n) is 9.83. The Balaban J connectivity index is 1.65. The number of fused-ring (bicyclic) bond motifs is 5. The van der Waals surface area contributed by atoms with E-state index in [1.807, 2.05) is 6.92 Å². The minimum Gasteiger partial charge on any atom is -0.393 e. The molecular weight excluding hydrogens is 296 g/mol. The Morgan fingerprint density at radius 3 is 2.46 bits per heavy atom. The molecule has 1 N–H and O–H groups in total. The van der Waals surface area contributed by atoms with Gasteiger partial charge in [0.05, 0.1) is 6.10 Å². The summed E-state index contributed by atoms with van der Waals surface area (Å²) in [5.74, 6) is 3.44. The third-order valence-corrected chi connectivity index (χ3v) is 9.83. The lowest BCUT2D eigenvalue weighted by molar-refractivity contribution is -0.165. The molecule has 0 spiro atoms. The highest BCUT2D eigenvalue weighted by molar-refractivity contribution is 5.80. The topological polar surface area (TPSA) is 37.3 Å². The fourth-order valence-corrected chi connectivity index (χ4v) is 8.23. The number of aliphatic hydroxyl groups excluding tert-OH is 1. The number of carbonyl (C=O) groups is 1. The molecule has 0 radical (unpaired) electrons. The van der Waals surface area contributed by atoms with Crippen molar-refractivity contribution in [3.05, 3.63) is 0 Å². The van der Waals surface area contributed by atoms with Gasteiger partial charge in [-0.2, -0.15) is 0 Å². The van der Waals surface area contributed by atoms with Crippen molar-refractivity contribution in [2.75, 3.05) is 0 Å². The van der Waals surface area contributed by atoms with Crippen LogP contribution in [0.2, 0.25) is 0 Å². The number of hydrogen-bond donors (Lipinski definition) is 1. The van der Waals surface area contributed by atoms with Gasteiger partial charge in [-0.3, -0.25) is 4.79 Å². The van der Waals surface area contributed by atoms with E-state index in [0.717, 1.165) is 37.0 Å². The Labute approximate surface area is 147 Å². The van der Waals surface area contributed by atoms with Gasteiger partial charge < -0.3 is 5.11 Å². The van der Waals surface area contributed by atoms with Crippen LogP contribution in [-0.4, -0.2) is 17.0 Å². The summed E-state index contributed by atoms with van der Waals surface area (Å²) in [5, 5.41) is 10.3. The van der Waals surface area contributed by atoms with E-state index < -0.39 is 0 Å². The molecule has 24 heavy (non-hydrogen) atoms. The van der Waals surface area contributed by atoms with Gasteiger partial charge in [0.15, 0.2) is 0 Å². The molecule has 0 aliphatic heterocycles. The summed E-state index contributed by atoms with van der Waals surface area (Å²) in [6, 6.07) is 0. The van der Waals surface area contributed by atoms with Crippen molar-refractivity contribution in [1.82, 2.24) is 0 Å². The fraction of sp³-hybridized carbons (Fsp3) is 0.955. The average Bonchev–Trinajstić information content (AvgIpc) is 2.86. The van der Waals surface area contributed by atoms with Crippen LogP contribution in [0.3, 0.4) is 0 Å². The zero-order valence-corrected chi connectivity index (χ0v) is 16.1. The highest BCUT2D eigenvalue weighted by Gasteiger charge is 2.63. The predicted octanol–water partition coefficient (Wildman–Crippen LogP) is 4.99. The molecule has 2 heteroatoms. The molecule has 4 rings (SSSR count). The normalized spacial score (nSPS) is 55.5. The monoisotopic (exact) mass is 332 g/mol. The summed E-state index contributed by atoms with van der Waals surface area (Å²) in [4.78, 5) is 12.1. The van der Waals surface area contributed by atoms with Crippen LogP contribution in [0.5, 0.6) is 0 Å². The van der Waals surface area contributed by atoms with E-state index in [4.69, 9.17) is 0 Å². The van der Waals surface area contributed by atoms with Crippen LogP contribution < -0.4 is 0 Å². The number of hydrogen-bond acceptors (Lipinski definition) is 2. The maximum Gasteiger partial charge on any atom is 0.133 e. The molecule has 8 atom stereocenters. The van der Waals surface area contributed by atoms with Crippen molar-refractivity contribution in [3.8, 4) is 0 Å². The molecule has 0 bridgehead atoms. The van der Waals surface area contributed by atoms with Gasteiger partial charge in [-0.15, -0.1) is 0 Å². The molecule has 2 nitrogen and oxygen atoms in total. The van der Waals surface area contributed by atoms with Crippen LogP contribution in [0.25, 0.3) is 0 Å². The largest absolute Gasteiger partial charge is 0.393 e. The smallest absolute Gasteiger partial charge is 0.133 e. The minimum atomic E-state index is -0.159. The van der Waals surface area contributed by atoms with E-state index in [1.54, 1.807) is 0 Å². The van der Waals surface area contributed by atoms with Crippen LogP contribution in [0, 0.1) is 39.9 Å². The van der Waals surface area contributed by atoms with Gasteiger partial charge in [0.2, 0.25) is 0 Å². The number of rotatable bonds is 1. The second kappa shape index (κ2) is 5.32. The van der Waals surface area contributed by atoms with Crippen LogP contribution in [0.1, 0.15) is 85.5 Å². The van der Waals surface area contributed by atoms with Gasteiger partial charge in [0, 0.05) is 12.8 Å². The Morgan fingerprint density at radius 2 is 1.75 bits per heavy atom. The van der Waals surface area contributed by atoms with E-state index in [-0.39, 0.29) is 11.5 Å². The fourth-order valence-electron chi connectivity index (χ4n) is 8.23. The molecule has 0 amide bonds. The molecule has 4 aliphatic rings. The Morgan fingerprint density at radius 1 is 1.00 bits per heavy atom. The van der Waals surface area contributed by atoms with Crippen LogP contribution >= 0.6 is 0 Å². The van der Waals surface area contributed by atoms with Crippen LogP contribution in [-0.2, 0) is 4.79 Å². The Hall–Kier alpha value is -0.370. The maximum atomic E-state index is 12.1. The first-order chi connectivity index (χ1) is 11.2. The molecule has 4 fully saturated rings. The Kier molecular flexibility index (Phi) is 3.78. The number of ketones is 1. The highest BCUT2D eigenvalue weighted by Crippen LogP contribution is 2.70. The van der Waals surface area contributed by atoms with Gasteiger partial charge in [0.1, 0.15) is 5.78 Å². The Bertz CT molecular complexity index is 540. The van der Waals surface area contributed by atoms with Crippen molar-refractivity contribution in [2.45, 2.75) is 91.6 Å². The summed E-state index contributed by atoms with van der Waals surface area (Å²) < 4.78 is 0. The lowest BCUT2D eigenvalue weighted by atomic mass is 9.40. The molecule has 136 valence electrons. The molecule has 4 saturated carbocycles. The summed E-state index contributed by atoms with van der Waals surface area (Å²) in [7, 11) is 0. The van der Waals surface area contributed by atoms with Crippen molar-refractivity contribution < 1.29 is 9.90 Å². The van der Waals surface area contributed by atoms with Crippen molar-refractivity contribution in [3.63, 3.8) is 0 Å². The molecule has 0 heterocycles. The highest BCUT2D eigenvalue weighted by atomic mass is 16.3. The first-order valence-electron chi connectivity index (χ1n) is 10.4. The first kappa shape index (κ1) is 17.1. The molecule has 0 unspecified atom stereocenters. The standard InChI is InChI=1S/C22H36O2/c1-14(23)17-5-6-18-16-8-10-20(2)13-15(24)7-12-22(20,4)19(16)9-11-21(17,18)3/h14,16-19,23H,5-13H2,1-4H3/t14-,16-,17+,18-,19-,20+,21+,22+/m0/s1. The van der Waals surface area contributed by atoms with E-state index in [0.29, 0.717) is 22.5 Å². The quantitative estimate of drug-likeness (QED) is 0.735. The maximum absolute atomic E-state index is 12.1. The van der Waals surface area contributed by atoms with Crippen molar-refractivity contribution in [1.29, 1.82) is 0 Å². The third kappa shape index (κ3) is 2.07. The number of carbonyl (C=O) groups excluding carboxylic acids is 1. The van der Waals surface area contributed by atoms with Gasteiger partial charge in [-0.1, -0.05) is 20.8 Å². The molecule has 0 aromatic carbocycles. The van der Waals surface area contributed by atoms with Gasteiger partial charge in [-0.25, -0.2) is 0 Å². The van der Waals surface area contributed by atoms with Crippen molar-refractivity contribution >= 4 is 5.78 Å². The predicted molar refractivity (Wildman–Crippen MR) is 96.5 cm³/mol. The summed E-state index contributed by atoms with van der Waals surface area (Å²) in [5.41, 5.74) is 0.942. The molecule has 0 aromatic rings. The van der Waals surface area contributed by atoms with Gasteiger partial charge in [-0.05, 0) is 91.8 Å². The average molecular weight is 333 g/mol. The van der Waals surface area contributed by atoms with Crippen LogP contribution in [0.15, 0.2) is 0 Å². The minimum absolute atomic E-state index is 0.159. The summed E-state index contributed by atoms with van der Waals surface area (Å²) in [6.45, 7) is 9.44. The second-order valence-corrected chi connectivity index (χ2v) is 10.6. The summed E-state index contributed by atoms with van der Waals surface area (Å²) >= 11 is 0. The lowest BCUT2D eigenvalue weighted by Crippen LogP contribution is -2.58. The zero-order chi connectivity index (χ0) is 17.3. The molecule has 4 aliphatic carbocycles. The second-order valence-electron chi connectivity index (χ2n) is 10.6. The zero-order valence-electron chi connectivity index (χ0n) is 16.1. The van der Waals surface area contributed by atoms with Gasteiger partial charge in [0.25, 0.3) is 0 Å². The van der Waals surface area contributed by atoms with Crippen molar-refractivity contribution in [2.24, 2.45) is 39.9 Å². The van der Waals surface area contributed by atoms with E-state index in [1.165, 1.54) is 38.5 Å². The number of Topliss-reactive ketones (excluding diaryl/α,β-unsaturated/α-hetero) is 1. The number of aliphatic hydroxyl groups is 1. The molecule has 0 saturated heterocycles. The summed E-state index contributed by atoms with van der Waals surface area (Å²) in [6.07, 6.45) is 10.3. The SMILES string of the molecule is C[C@H](O)[C@H]1CC[C@H]2[C@@H]3CC[C@]4(C)CC(=O)CC[C@]4(C)[C@H]3CC[C@]12C.